The molecule has 1 heterocycles. The molecule has 0 bridgehead atoms. The van der Waals surface area contributed by atoms with Crippen molar-refractivity contribution in [1.29, 1.82) is 0 Å². The van der Waals surface area contributed by atoms with E-state index >= 15 is 0 Å². The summed E-state index contributed by atoms with van der Waals surface area (Å²) >= 11 is 2.06. The minimum Gasteiger partial charge on any atom is -0.493 e. The van der Waals surface area contributed by atoms with Crippen LogP contribution in [0.3, 0.4) is 0 Å². The third kappa shape index (κ3) is 7.65. The van der Waals surface area contributed by atoms with E-state index in [0.29, 0.717) is 27.2 Å². The molecule has 11 heteroatoms. The van der Waals surface area contributed by atoms with Crippen LogP contribution in [0.15, 0.2) is 35.4 Å². The molecule has 1 aliphatic heterocycles. The molecule has 1 fully saturated rings. The van der Waals surface area contributed by atoms with Crippen LogP contribution in [0.4, 0.5) is 5.69 Å². The van der Waals surface area contributed by atoms with Crippen molar-refractivity contribution in [2.45, 2.75) is 32.8 Å². The third-order valence-corrected chi connectivity index (χ3v) is 6.38. The summed E-state index contributed by atoms with van der Waals surface area (Å²) in [4.78, 5) is 36.3. The Kier molecular flexibility index (Phi) is 10.1. The fourth-order valence-electron chi connectivity index (χ4n) is 3.47. The summed E-state index contributed by atoms with van der Waals surface area (Å²) < 4.78 is 17.2. The van der Waals surface area contributed by atoms with Crippen LogP contribution >= 0.6 is 22.6 Å². The summed E-state index contributed by atoms with van der Waals surface area (Å²) in [6.07, 6.45) is 3.13. The summed E-state index contributed by atoms with van der Waals surface area (Å²) in [5.41, 5.74) is 5.61. The Bertz CT molecular complexity index is 1150. The Hall–Kier alpha value is -3.19. The van der Waals surface area contributed by atoms with Crippen molar-refractivity contribution in [2.75, 3.05) is 32.2 Å². The molecule has 3 amide bonds. The van der Waals surface area contributed by atoms with Gasteiger partial charge in [-0.1, -0.05) is 12.1 Å². The smallest absolute Gasteiger partial charge is 0.329 e. The number of hydrogen-bond donors (Lipinski definition) is 3. The van der Waals surface area contributed by atoms with Gasteiger partial charge < -0.3 is 24.8 Å². The van der Waals surface area contributed by atoms with Gasteiger partial charge in [-0.25, -0.2) is 5.43 Å². The first-order chi connectivity index (χ1) is 17.3. The number of benzene rings is 2. The molecule has 3 N–H and O–H groups in total. The highest BCUT2D eigenvalue weighted by Crippen LogP contribution is 2.33. The average molecular weight is 608 g/mol. The molecule has 3 rings (SSSR count). The largest absolute Gasteiger partial charge is 0.493 e. The molecule has 192 valence electrons. The number of amides is 3. The van der Waals surface area contributed by atoms with Crippen LogP contribution in [0, 0.1) is 17.4 Å². The first-order valence-corrected chi connectivity index (χ1v) is 12.5. The first-order valence-electron chi connectivity index (χ1n) is 11.4. The van der Waals surface area contributed by atoms with Gasteiger partial charge in [-0.05, 0) is 84.2 Å². The minimum absolute atomic E-state index is 0.0572. The number of aryl methyl sites for hydroxylation is 1. The summed E-state index contributed by atoms with van der Waals surface area (Å²) in [6, 6.07) is 9.09. The quantitative estimate of drug-likeness (QED) is 0.174. The number of anilines is 1. The second kappa shape index (κ2) is 13.2. The monoisotopic (exact) mass is 608 g/mol. The number of nitrogens with zero attached hydrogens (tertiary/aromatic N) is 1. The highest BCUT2D eigenvalue weighted by Gasteiger charge is 2.19. The van der Waals surface area contributed by atoms with Gasteiger partial charge in [0.1, 0.15) is 0 Å². The number of ether oxygens (including phenoxy) is 3. The second-order valence-corrected chi connectivity index (χ2v) is 9.32. The summed E-state index contributed by atoms with van der Waals surface area (Å²) in [7, 11) is 1.48. The van der Waals surface area contributed by atoms with E-state index in [1.165, 1.54) is 13.3 Å². The van der Waals surface area contributed by atoms with Gasteiger partial charge in [-0.2, -0.15) is 5.10 Å². The maximum Gasteiger partial charge on any atom is 0.329 e. The predicted molar refractivity (Wildman–Crippen MR) is 143 cm³/mol. The van der Waals surface area contributed by atoms with Crippen LogP contribution in [-0.2, 0) is 19.1 Å². The van der Waals surface area contributed by atoms with Crippen LogP contribution in [0.25, 0.3) is 0 Å². The average Bonchev–Trinajstić information content (AvgIpc) is 3.38. The lowest BCUT2D eigenvalue weighted by Gasteiger charge is -2.14. The van der Waals surface area contributed by atoms with Crippen molar-refractivity contribution < 1.29 is 28.6 Å². The molecular weight excluding hydrogens is 579 g/mol. The SMILES string of the molecule is COc1cc(/C=N\NC(=O)C(=O)NC[C@H]2CCCO2)cc(I)c1OCC(=O)Nc1cccc(C)c1C. The van der Waals surface area contributed by atoms with Gasteiger partial charge in [0.2, 0.25) is 0 Å². The lowest BCUT2D eigenvalue weighted by molar-refractivity contribution is -0.139. The summed E-state index contributed by atoms with van der Waals surface area (Å²) in [5, 5.41) is 9.23. The third-order valence-electron chi connectivity index (χ3n) is 5.58. The van der Waals surface area contributed by atoms with E-state index in [9.17, 15) is 14.4 Å². The number of carbonyl (C=O) groups excluding carboxylic acids is 3. The van der Waals surface area contributed by atoms with Crippen molar-refractivity contribution in [3.8, 4) is 11.5 Å². The van der Waals surface area contributed by atoms with E-state index in [1.807, 2.05) is 32.0 Å². The fourth-order valence-corrected chi connectivity index (χ4v) is 4.25. The molecule has 1 saturated heterocycles. The van der Waals surface area contributed by atoms with Gasteiger partial charge in [-0.15, -0.1) is 0 Å². The molecule has 0 saturated carbocycles. The molecule has 2 aromatic rings. The lowest BCUT2D eigenvalue weighted by atomic mass is 10.1. The normalized spacial score (nSPS) is 14.9. The molecule has 0 aliphatic carbocycles. The van der Waals surface area contributed by atoms with Gasteiger partial charge in [0.15, 0.2) is 18.1 Å². The van der Waals surface area contributed by atoms with Crippen LogP contribution < -0.4 is 25.5 Å². The molecule has 0 unspecified atom stereocenters. The first kappa shape index (κ1) is 27.4. The van der Waals surface area contributed by atoms with Crippen LogP contribution in [0.5, 0.6) is 11.5 Å². The highest BCUT2D eigenvalue weighted by atomic mass is 127. The van der Waals surface area contributed by atoms with Gasteiger partial charge in [0, 0.05) is 18.8 Å². The number of halogens is 1. The van der Waals surface area contributed by atoms with Gasteiger partial charge in [0.05, 0.1) is 23.0 Å². The second-order valence-electron chi connectivity index (χ2n) is 8.16. The van der Waals surface area contributed by atoms with E-state index in [1.54, 1.807) is 12.1 Å². The van der Waals surface area contributed by atoms with Crippen molar-refractivity contribution in [3.05, 3.63) is 50.6 Å². The van der Waals surface area contributed by atoms with E-state index in [-0.39, 0.29) is 25.2 Å². The minimum atomic E-state index is -0.874. The molecule has 0 radical (unpaired) electrons. The van der Waals surface area contributed by atoms with E-state index in [2.05, 4.69) is 43.8 Å². The Morgan fingerprint density at radius 3 is 2.75 bits per heavy atom. The van der Waals surface area contributed by atoms with Crippen molar-refractivity contribution in [1.82, 2.24) is 10.7 Å². The summed E-state index contributed by atoms with van der Waals surface area (Å²) in [6.45, 7) is 4.67. The maximum absolute atomic E-state index is 12.4. The number of hydrazone groups is 1. The molecule has 10 nitrogen and oxygen atoms in total. The molecule has 2 aromatic carbocycles. The number of hydrogen-bond acceptors (Lipinski definition) is 7. The fraction of sp³-hybridized carbons (Fsp3) is 0.360. The summed E-state index contributed by atoms with van der Waals surface area (Å²) in [5.74, 6) is -1.15. The van der Waals surface area contributed by atoms with Gasteiger partial charge in [-0.3, -0.25) is 14.4 Å². The Morgan fingerprint density at radius 1 is 1.22 bits per heavy atom. The molecule has 0 spiro atoms. The van der Waals surface area contributed by atoms with Crippen molar-refractivity contribution in [2.24, 2.45) is 5.10 Å². The van der Waals surface area contributed by atoms with Gasteiger partial charge in [0.25, 0.3) is 5.91 Å². The van der Waals surface area contributed by atoms with Crippen LogP contribution in [0.1, 0.15) is 29.5 Å². The number of carbonyl (C=O) groups is 3. The van der Waals surface area contributed by atoms with Crippen molar-refractivity contribution in [3.63, 3.8) is 0 Å². The number of nitrogens with one attached hydrogen (secondary N) is 3. The molecule has 1 atom stereocenters. The predicted octanol–water partition coefficient (Wildman–Crippen LogP) is 2.68. The Labute approximate surface area is 223 Å². The molecular formula is C25H29IN4O6. The zero-order chi connectivity index (χ0) is 26.1. The lowest BCUT2D eigenvalue weighted by Crippen LogP contribution is -2.41. The maximum atomic E-state index is 12.4. The standard InChI is InChI=1S/C25H29IN4O6/c1-15-6-4-8-20(16(15)2)29-22(31)14-36-23-19(26)10-17(11-21(23)34-3)12-28-30-25(33)24(32)27-13-18-7-5-9-35-18/h4,6,8,10-12,18H,5,7,9,13-14H2,1-3H3,(H,27,32)(H,29,31)(H,30,33)/b28-12-/t18-/m1/s1. The highest BCUT2D eigenvalue weighted by molar-refractivity contribution is 14.1. The van der Waals surface area contributed by atoms with E-state index in [4.69, 9.17) is 14.2 Å². The number of rotatable bonds is 9. The van der Waals surface area contributed by atoms with Crippen molar-refractivity contribution >= 4 is 52.2 Å². The molecule has 1 aliphatic rings. The van der Waals surface area contributed by atoms with E-state index < -0.39 is 11.8 Å². The Morgan fingerprint density at radius 2 is 2.03 bits per heavy atom. The molecule has 0 aromatic heterocycles. The van der Waals surface area contributed by atoms with Crippen LogP contribution in [-0.4, -0.2) is 56.9 Å². The van der Waals surface area contributed by atoms with Gasteiger partial charge >= 0.3 is 11.8 Å². The number of methoxy groups -OCH3 is 1. The molecule has 36 heavy (non-hydrogen) atoms. The topological polar surface area (TPSA) is 127 Å². The zero-order valence-corrected chi connectivity index (χ0v) is 22.5. The van der Waals surface area contributed by atoms with Crippen LogP contribution in [0.2, 0.25) is 0 Å². The Balaban J connectivity index is 1.54. The van der Waals surface area contributed by atoms with E-state index in [0.717, 1.165) is 29.7 Å². The zero-order valence-electron chi connectivity index (χ0n) is 20.4.